The third kappa shape index (κ3) is 2.41. The highest BCUT2D eigenvalue weighted by Crippen LogP contribution is 2.44. The van der Waals surface area contributed by atoms with Gasteiger partial charge < -0.3 is 9.64 Å². The summed E-state index contributed by atoms with van der Waals surface area (Å²) < 4.78 is 4.89. The minimum Gasteiger partial charge on any atom is -0.468 e. The fourth-order valence-corrected chi connectivity index (χ4v) is 3.69. The lowest BCUT2D eigenvalue weighted by Crippen LogP contribution is -2.57. The molecule has 2 rings (SSSR count). The van der Waals surface area contributed by atoms with E-state index < -0.39 is 29.4 Å². The van der Waals surface area contributed by atoms with Crippen molar-refractivity contribution in [2.75, 3.05) is 27.7 Å². The molecule has 1 N–H and O–H groups in total. The molecule has 23 heavy (non-hydrogen) atoms. The molecule has 8 heteroatoms. The summed E-state index contributed by atoms with van der Waals surface area (Å²) in [5.41, 5.74) is -1.24. The van der Waals surface area contributed by atoms with Crippen LogP contribution < -0.4 is 5.32 Å². The van der Waals surface area contributed by atoms with Crippen LogP contribution in [0.3, 0.4) is 0 Å². The normalized spacial score (nSPS) is 32.9. The average Bonchev–Trinajstić information content (AvgIpc) is 2.97. The summed E-state index contributed by atoms with van der Waals surface area (Å²) in [7, 11) is 4.30. The number of methoxy groups -OCH3 is 1. The molecule has 2 saturated heterocycles. The van der Waals surface area contributed by atoms with Gasteiger partial charge in [0.25, 0.3) is 0 Å². The molecule has 8 nitrogen and oxygen atoms in total. The second-order valence-electron chi connectivity index (χ2n) is 6.21. The zero-order valence-corrected chi connectivity index (χ0v) is 14.1. The largest absolute Gasteiger partial charge is 0.468 e. The van der Waals surface area contributed by atoms with E-state index in [2.05, 4.69) is 5.32 Å². The topological polar surface area (TPSA) is 96.0 Å². The second-order valence-corrected chi connectivity index (χ2v) is 6.21. The highest BCUT2D eigenvalue weighted by molar-refractivity contribution is 6.09. The number of hydrogen-bond acceptors (Lipinski definition) is 6. The highest BCUT2D eigenvalue weighted by atomic mass is 16.5. The van der Waals surface area contributed by atoms with Crippen molar-refractivity contribution in [2.45, 2.75) is 31.8 Å². The number of carbonyl (C=O) groups excluding carboxylic acids is 4. The molecule has 3 amide bonds. The fourth-order valence-electron chi connectivity index (χ4n) is 3.69. The summed E-state index contributed by atoms with van der Waals surface area (Å²) in [6.07, 6.45) is 0.313. The predicted molar refractivity (Wildman–Crippen MR) is 80.0 cm³/mol. The van der Waals surface area contributed by atoms with Crippen LogP contribution in [-0.4, -0.2) is 72.8 Å². The minimum atomic E-state index is -1.24. The van der Waals surface area contributed by atoms with E-state index >= 15 is 0 Å². The van der Waals surface area contributed by atoms with Crippen molar-refractivity contribution in [1.29, 1.82) is 0 Å². The number of imide groups is 1. The van der Waals surface area contributed by atoms with Crippen LogP contribution in [0.1, 0.15) is 20.3 Å². The molecular weight excluding hydrogens is 302 g/mol. The Morgan fingerprint density at radius 3 is 2.43 bits per heavy atom. The molecule has 4 atom stereocenters. The molecule has 128 valence electrons. The van der Waals surface area contributed by atoms with Crippen LogP contribution in [0.5, 0.6) is 0 Å². The molecule has 0 aromatic rings. The van der Waals surface area contributed by atoms with E-state index in [1.54, 1.807) is 14.0 Å². The number of fused-ring (bicyclic) bond motifs is 1. The van der Waals surface area contributed by atoms with E-state index in [1.807, 2.05) is 0 Å². The monoisotopic (exact) mass is 325 g/mol. The van der Waals surface area contributed by atoms with Crippen LogP contribution in [0.25, 0.3) is 0 Å². The van der Waals surface area contributed by atoms with Gasteiger partial charge in [-0.3, -0.25) is 29.4 Å². The van der Waals surface area contributed by atoms with Crippen molar-refractivity contribution in [2.24, 2.45) is 11.8 Å². The molecule has 0 unspecified atom stereocenters. The molecule has 2 aliphatic rings. The molecule has 2 heterocycles. The Hall–Kier alpha value is -1.96. The van der Waals surface area contributed by atoms with Gasteiger partial charge in [0.15, 0.2) is 0 Å². The summed E-state index contributed by atoms with van der Waals surface area (Å²) in [5, 5.41) is 3.14. The second kappa shape index (κ2) is 5.92. The lowest BCUT2D eigenvalue weighted by atomic mass is 9.78. The SMILES string of the molecule is CC[C@@]1(C(=O)OC)N[C@H](CN(C)C(C)=O)[C@@H]2C(=O)N(C)C(=O)[C@@H]21. The Bertz CT molecular complexity index is 563. The van der Waals surface area contributed by atoms with E-state index in [1.165, 1.54) is 26.0 Å². The molecule has 0 bridgehead atoms. The number of likely N-dealkylation sites (N-methyl/N-ethyl adjacent to an activating group) is 1. The quantitative estimate of drug-likeness (QED) is 0.525. The Labute approximate surface area is 135 Å². The van der Waals surface area contributed by atoms with Crippen LogP contribution in [-0.2, 0) is 23.9 Å². The first-order chi connectivity index (χ1) is 10.7. The zero-order valence-electron chi connectivity index (χ0n) is 14.1. The van der Waals surface area contributed by atoms with Gasteiger partial charge in [0.2, 0.25) is 17.7 Å². The van der Waals surface area contributed by atoms with Crippen LogP contribution in [0.15, 0.2) is 0 Å². The summed E-state index contributed by atoms with van der Waals surface area (Å²) in [5.74, 6) is -2.89. The van der Waals surface area contributed by atoms with Crippen molar-refractivity contribution in [3.63, 3.8) is 0 Å². The molecule has 0 aliphatic carbocycles. The van der Waals surface area contributed by atoms with Crippen molar-refractivity contribution < 1.29 is 23.9 Å². The number of amides is 3. The lowest BCUT2D eigenvalue weighted by molar-refractivity contribution is -0.154. The van der Waals surface area contributed by atoms with Gasteiger partial charge in [-0.25, -0.2) is 0 Å². The maximum absolute atomic E-state index is 12.5. The molecule has 2 aliphatic heterocycles. The first kappa shape index (κ1) is 17.4. The Morgan fingerprint density at radius 1 is 1.35 bits per heavy atom. The van der Waals surface area contributed by atoms with E-state index in [0.717, 1.165) is 4.90 Å². The molecule has 0 aromatic heterocycles. The smallest absolute Gasteiger partial charge is 0.326 e. The highest BCUT2D eigenvalue weighted by Gasteiger charge is 2.67. The van der Waals surface area contributed by atoms with E-state index in [4.69, 9.17) is 4.74 Å². The molecular formula is C15H23N3O5. The fraction of sp³-hybridized carbons (Fsp3) is 0.733. The van der Waals surface area contributed by atoms with Gasteiger partial charge in [-0.1, -0.05) is 6.92 Å². The zero-order chi connectivity index (χ0) is 17.5. The summed E-state index contributed by atoms with van der Waals surface area (Å²) in [4.78, 5) is 51.4. The number of rotatable bonds is 4. The number of ether oxygens (including phenoxy) is 1. The molecule has 0 radical (unpaired) electrons. The standard InChI is InChI=1S/C15H23N3O5/c1-6-15(14(22)23-5)11-10(12(20)18(4)13(11)21)9(16-15)7-17(3)8(2)19/h9-11,16H,6-7H2,1-5H3/t9-,10+,11-,15-/m1/s1. The van der Waals surface area contributed by atoms with Crippen molar-refractivity contribution in [3.05, 3.63) is 0 Å². The van der Waals surface area contributed by atoms with Crippen LogP contribution in [0, 0.1) is 11.8 Å². The number of nitrogens with zero attached hydrogens (tertiary/aromatic N) is 2. The molecule has 2 fully saturated rings. The number of likely N-dealkylation sites (tertiary alicyclic amines) is 1. The van der Waals surface area contributed by atoms with Crippen molar-refractivity contribution >= 4 is 23.7 Å². The number of nitrogens with one attached hydrogen (secondary N) is 1. The van der Waals surface area contributed by atoms with Gasteiger partial charge in [0, 0.05) is 33.6 Å². The first-order valence-electron chi connectivity index (χ1n) is 7.60. The Morgan fingerprint density at radius 2 is 1.96 bits per heavy atom. The maximum atomic E-state index is 12.5. The third-order valence-electron chi connectivity index (χ3n) is 5.09. The molecule has 0 spiro atoms. The van der Waals surface area contributed by atoms with E-state index in [-0.39, 0.29) is 24.3 Å². The van der Waals surface area contributed by atoms with Crippen LogP contribution in [0.4, 0.5) is 0 Å². The Balaban J connectivity index is 2.45. The van der Waals surface area contributed by atoms with Gasteiger partial charge in [-0.15, -0.1) is 0 Å². The van der Waals surface area contributed by atoms with Gasteiger partial charge in [0.1, 0.15) is 5.54 Å². The van der Waals surface area contributed by atoms with Crippen molar-refractivity contribution in [3.8, 4) is 0 Å². The summed E-state index contributed by atoms with van der Waals surface area (Å²) in [6, 6.07) is -0.477. The first-order valence-corrected chi connectivity index (χ1v) is 7.60. The van der Waals surface area contributed by atoms with Gasteiger partial charge in [-0.2, -0.15) is 0 Å². The van der Waals surface area contributed by atoms with Gasteiger partial charge >= 0.3 is 5.97 Å². The third-order valence-corrected chi connectivity index (χ3v) is 5.09. The predicted octanol–water partition coefficient (Wildman–Crippen LogP) is -1.01. The maximum Gasteiger partial charge on any atom is 0.326 e. The van der Waals surface area contributed by atoms with E-state index in [9.17, 15) is 19.2 Å². The number of hydrogen-bond donors (Lipinski definition) is 1. The minimum absolute atomic E-state index is 0.152. The van der Waals surface area contributed by atoms with Crippen LogP contribution >= 0.6 is 0 Å². The average molecular weight is 325 g/mol. The Kier molecular flexibility index (Phi) is 4.48. The van der Waals surface area contributed by atoms with Crippen LogP contribution in [0.2, 0.25) is 0 Å². The summed E-state index contributed by atoms with van der Waals surface area (Å²) in [6.45, 7) is 3.43. The van der Waals surface area contributed by atoms with E-state index in [0.29, 0.717) is 6.42 Å². The van der Waals surface area contributed by atoms with Gasteiger partial charge in [-0.05, 0) is 6.42 Å². The number of esters is 1. The molecule has 0 saturated carbocycles. The van der Waals surface area contributed by atoms with Crippen molar-refractivity contribution in [1.82, 2.24) is 15.1 Å². The molecule has 0 aromatic carbocycles. The summed E-state index contributed by atoms with van der Waals surface area (Å²) >= 11 is 0. The number of carbonyl (C=O) groups is 4. The lowest BCUT2D eigenvalue weighted by Gasteiger charge is -2.31. The van der Waals surface area contributed by atoms with Gasteiger partial charge in [0.05, 0.1) is 18.9 Å².